The summed E-state index contributed by atoms with van der Waals surface area (Å²) in [6, 6.07) is 0. The third kappa shape index (κ3) is 4.68. The summed E-state index contributed by atoms with van der Waals surface area (Å²) in [6.45, 7) is 3.93. The molecule has 4 heteroatoms. The van der Waals surface area contributed by atoms with E-state index in [-0.39, 0.29) is 0 Å². The Labute approximate surface area is 117 Å². The first-order chi connectivity index (χ1) is 9.29. The molecule has 1 atom stereocenters. The fourth-order valence-corrected chi connectivity index (χ4v) is 3.27. The summed E-state index contributed by atoms with van der Waals surface area (Å²) in [5, 5.41) is 3.51. The lowest BCUT2D eigenvalue weighted by molar-refractivity contribution is 0.181. The zero-order chi connectivity index (χ0) is 13.5. The number of hydrogen-bond acceptors (Lipinski definition) is 2. The Morgan fingerprint density at radius 2 is 2.05 bits per heavy atom. The summed E-state index contributed by atoms with van der Waals surface area (Å²) in [5.74, 6) is 2.64. The van der Waals surface area contributed by atoms with Crippen molar-refractivity contribution < 1.29 is 4.74 Å². The molecule has 1 aliphatic carbocycles. The van der Waals surface area contributed by atoms with Gasteiger partial charge in [-0.05, 0) is 18.8 Å². The van der Waals surface area contributed by atoms with Gasteiger partial charge in [0, 0.05) is 39.7 Å². The molecule has 1 heterocycles. The number of nitrogens with zero attached hydrogens (tertiary/aromatic N) is 2. The predicted molar refractivity (Wildman–Crippen MR) is 79.5 cm³/mol. The molecule has 0 aromatic carbocycles. The average Bonchev–Trinajstić information content (AvgIpc) is 3.07. The molecule has 1 aliphatic heterocycles. The molecule has 4 nitrogen and oxygen atoms in total. The second-order valence-corrected chi connectivity index (χ2v) is 6.02. The van der Waals surface area contributed by atoms with Gasteiger partial charge >= 0.3 is 0 Å². The van der Waals surface area contributed by atoms with E-state index in [1.54, 1.807) is 0 Å². The van der Waals surface area contributed by atoms with Crippen molar-refractivity contribution >= 4 is 5.96 Å². The second-order valence-electron chi connectivity index (χ2n) is 6.02. The molecule has 0 bridgehead atoms. The maximum Gasteiger partial charge on any atom is 0.193 e. The summed E-state index contributed by atoms with van der Waals surface area (Å²) in [4.78, 5) is 6.63. The van der Waals surface area contributed by atoms with Crippen molar-refractivity contribution in [3.8, 4) is 0 Å². The fourth-order valence-electron chi connectivity index (χ4n) is 3.27. The third-order valence-electron chi connectivity index (χ3n) is 4.44. The standard InChI is InChI=1S/C15H29N3O/c1-16-15(17-9-7-13-5-3-4-6-13)18(2)11-14-8-10-19-12-14/h13-14H,3-12H2,1-2H3,(H,16,17). The molecule has 1 N–H and O–H groups in total. The van der Waals surface area contributed by atoms with Crippen LogP contribution in [-0.4, -0.2) is 51.3 Å². The van der Waals surface area contributed by atoms with Crippen LogP contribution < -0.4 is 5.32 Å². The van der Waals surface area contributed by atoms with Gasteiger partial charge in [0.15, 0.2) is 5.96 Å². The monoisotopic (exact) mass is 267 g/mol. The highest BCUT2D eigenvalue weighted by Gasteiger charge is 2.19. The Hall–Kier alpha value is -0.770. The van der Waals surface area contributed by atoms with Gasteiger partial charge in [-0.15, -0.1) is 0 Å². The maximum atomic E-state index is 5.43. The number of aliphatic imine (C=N–C) groups is 1. The van der Waals surface area contributed by atoms with Crippen molar-refractivity contribution in [2.24, 2.45) is 16.8 Å². The van der Waals surface area contributed by atoms with Gasteiger partial charge < -0.3 is 15.0 Å². The van der Waals surface area contributed by atoms with E-state index in [1.807, 2.05) is 7.05 Å². The van der Waals surface area contributed by atoms with Gasteiger partial charge in [-0.1, -0.05) is 25.7 Å². The van der Waals surface area contributed by atoms with Gasteiger partial charge in [-0.3, -0.25) is 4.99 Å². The van der Waals surface area contributed by atoms with Gasteiger partial charge in [0.1, 0.15) is 0 Å². The first-order valence-electron chi connectivity index (χ1n) is 7.79. The van der Waals surface area contributed by atoms with Crippen molar-refractivity contribution in [1.29, 1.82) is 0 Å². The van der Waals surface area contributed by atoms with Gasteiger partial charge in [0.05, 0.1) is 6.61 Å². The van der Waals surface area contributed by atoms with Crippen molar-refractivity contribution in [2.75, 3.05) is 40.4 Å². The largest absolute Gasteiger partial charge is 0.381 e. The molecule has 19 heavy (non-hydrogen) atoms. The lowest BCUT2D eigenvalue weighted by Crippen LogP contribution is -2.42. The molecular formula is C15H29N3O. The van der Waals surface area contributed by atoms with E-state index >= 15 is 0 Å². The summed E-state index contributed by atoms with van der Waals surface area (Å²) >= 11 is 0. The number of hydrogen-bond donors (Lipinski definition) is 1. The summed E-state index contributed by atoms with van der Waals surface area (Å²) < 4.78 is 5.43. The number of nitrogens with one attached hydrogen (secondary N) is 1. The number of guanidine groups is 1. The first kappa shape index (κ1) is 14.6. The van der Waals surface area contributed by atoms with Crippen LogP contribution in [-0.2, 0) is 4.74 Å². The van der Waals surface area contributed by atoms with Crippen LogP contribution >= 0.6 is 0 Å². The van der Waals surface area contributed by atoms with E-state index in [0.717, 1.165) is 38.2 Å². The smallest absolute Gasteiger partial charge is 0.193 e. The summed E-state index contributed by atoms with van der Waals surface area (Å²) in [6.07, 6.45) is 8.19. The molecule has 0 radical (unpaired) electrons. The highest BCUT2D eigenvalue weighted by Crippen LogP contribution is 2.26. The zero-order valence-corrected chi connectivity index (χ0v) is 12.5. The van der Waals surface area contributed by atoms with Crippen molar-refractivity contribution in [1.82, 2.24) is 10.2 Å². The van der Waals surface area contributed by atoms with E-state index in [4.69, 9.17) is 4.74 Å². The van der Waals surface area contributed by atoms with Crippen LogP contribution in [0.25, 0.3) is 0 Å². The summed E-state index contributed by atoms with van der Waals surface area (Å²) in [5.41, 5.74) is 0. The van der Waals surface area contributed by atoms with Gasteiger partial charge in [-0.25, -0.2) is 0 Å². The minimum Gasteiger partial charge on any atom is -0.381 e. The van der Waals surface area contributed by atoms with Crippen LogP contribution in [0.4, 0.5) is 0 Å². The predicted octanol–water partition coefficient (Wildman–Crippen LogP) is 2.11. The highest BCUT2D eigenvalue weighted by molar-refractivity contribution is 5.79. The Kier molecular flexibility index (Phi) is 5.95. The van der Waals surface area contributed by atoms with Crippen molar-refractivity contribution in [2.45, 2.75) is 38.5 Å². The SMILES string of the molecule is CN=C(NCCC1CCCC1)N(C)CC1CCOC1. The van der Waals surface area contributed by atoms with Gasteiger partial charge in [-0.2, -0.15) is 0 Å². The molecule has 0 aromatic rings. The molecule has 1 unspecified atom stereocenters. The molecule has 0 aromatic heterocycles. The maximum absolute atomic E-state index is 5.43. The second kappa shape index (κ2) is 7.73. The van der Waals surface area contributed by atoms with Crippen molar-refractivity contribution in [3.05, 3.63) is 0 Å². The van der Waals surface area contributed by atoms with E-state index in [2.05, 4.69) is 22.3 Å². The average molecular weight is 267 g/mol. The lowest BCUT2D eigenvalue weighted by atomic mass is 10.0. The zero-order valence-electron chi connectivity index (χ0n) is 12.5. The van der Waals surface area contributed by atoms with Crippen molar-refractivity contribution in [3.63, 3.8) is 0 Å². The van der Waals surface area contributed by atoms with Crippen LogP contribution in [0.5, 0.6) is 0 Å². The number of ether oxygens (including phenoxy) is 1. The van der Waals surface area contributed by atoms with Gasteiger partial charge in [0.25, 0.3) is 0 Å². The van der Waals surface area contributed by atoms with Crippen LogP contribution in [0.1, 0.15) is 38.5 Å². The molecule has 2 fully saturated rings. The number of rotatable bonds is 5. The Bertz CT molecular complexity index is 281. The van der Waals surface area contributed by atoms with Crippen LogP contribution in [0.3, 0.4) is 0 Å². The van der Waals surface area contributed by atoms with E-state index < -0.39 is 0 Å². The Morgan fingerprint density at radius 1 is 1.26 bits per heavy atom. The van der Waals surface area contributed by atoms with E-state index in [9.17, 15) is 0 Å². The Balaban J connectivity index is 1.66. The third-order valence-corrected chi connectivity index (χ3v) is 4.44. The van der Waals surface area contributed by atoms with Crippen LogP contribution in [0, 0.1) is 11.8 Å². The van der Waals surface area contributed by atoms with Gasteiger partial charge in [0.2, 0.25) is 0 Å². The molecule has 110 valence electrons. The normalized spacial score (nSPS) is 24.9. The van der Waals surface area contributed by atoms with E-state index in [0.29, 0.717) is 5.92 Å². The molecule has 0 spiro atoms. The first-order valence-corrected chi connectivity index (χ1v) is 7.79. The summed E-state index contributed by atoms with van der Waals surface area (Å²) in [7, 11) is 4.00. The molecule has 2 rings (SSSR count). The molecule has 0 amide bonds. The molecule has 1 saturated heterocycles. The Morgan fingerprint density at radius 3 is 2.68 bits per heavy atom. The quantitative estimate of drug-likeness (QED) is 0.612. The fraction of sp³-hybridized carbons (Fsp3) is 0.933. The lowest BCUT2D eigenvalue weighted by Gasteiger charge is -2.25. The minimum absolute atomic E-state index is 0.665. The molecule has 2 aliphatic rings. The molecular weight excluding hydrogens is 238 g/mol. The minimum atomic E-state index is 0.665. The van der Waals surface area contributed by atoms with E-state index in [1.165, 1.54) is 38.5 Å². The molecule has 1 saturated carbocycles. The van der Waals surface area contributed by atoms with Crippen LogP contribution in [0.15, 0.2) is 4.99 Å². The highest BCUT2D eigenvalue weighted by atomic mass is 16.5. The topological polar surface area (TPSA) is 36.9 Å². The van der Waals surface area contributed by atoms with Crippen LogP contribution in [0.2, 0.25) is 0 Å².